The van der Waals surface area contributed by atoms with Crippen LogP contribution in [0.1, 0.15) is 79.2 Å². The summed E-state index contributed by atoms with van der Waals surface area (Å²) in [6.45, 7) is 13.9. The highest BCUT2D eigenvalue weighted by atomic mass is 16.6. The van der Waals surface area contributed by atoms with Gasteiger partial charge in [0, 0.05) is 53.4 Å². The van der Waals surface area contributed by atoms with Gasteiger partial charge in [0.25, 0.3) is 0 Å². The minimum atomic E-state index is -0.741. The number of esters is 3. The number of carbonyl (C=O) groups excluding carboxylic acids is 3. The Morgan fingerprint density at radius 2 is 1.86 bits per heavy atom. The summed E-state index contributed by atoms with van der Waals surface area (Å²) < 4.78 is 37.0. The molecule has 9 nitrogen and oxygen atoms in total. The second-order valence-electron chi connectivity index (χ2n) is 14.0. The third-order valence-electron chi connectivity index (χ3n) is 11.9. The normalized spacial score (nSPS) is 43.1. The lowest BCUT2D eigenvalue weighted by Gasteiger charge is -2.65. The molecule has 3 aliphatic carbocycles. The highest BCUT2D eigenvalue weighted by Crippen LogP contribution is 2.74. The maximum atomic E-state index is 13.4. The van der Waals surface area contributed by atoms with Crippen LogP contribution in [-0.2, 0) is 38.1 Å². The number of methoxy groups -OCH3 is 1. The molecule has 9 heteroatoms. The number of furan rings is 1. The van der Waals surface area contributed by atoms with Crippen molar-refractivity contribution in [3.05, 3.63) is 47.0 Å². The van der Waals surface area contributed by atoms with Gasteiger partial charge in [-0.1, -0.05) is 32.4 Å². The fourth-order valence-corrected chi connectivity index (χ4v) is 10.00. The second-order valence-corrected chi connectivity index (χ2v) is 14.0. The molecule has 0 spiro atoms. The summed E-state index contributed by atoms with van der Waals surface area (Å²) in [5, 5.41) is 0. The molecular weight excluding hydrogens is 552 g/mol. The van der Waals surface area contributed by atoms with E-state index in [2.05, 4.69) is 27.7 Å². The van der Waals surface area contributed by atoms with E-state index in [1.165, 1.54) is 25.2 Å². The van der Waals surface area contributed by atoms with Gasteiger partial charge in [0.15, 0.2) is 0 Å². The molecule has 2 saturated carbocycles. The number of fused-ring (bicyclic) bond motifs is 4. The summed E-state index contributed by atoms with van der Waals surface area (Å²) in [5.74, 6) is -1.61. The maximum Gasteiger partial charge on any atom is 0.333 e. The molecule has 0 bridgehead atoms. The molecule has 0 radical (unpaired) electrons. The molecule has 0 N–H and O–H groups in total. The first-order chi connectivity index (χ1) is 20.3. The number of ether oxygens (including phenoxy) is 5. The Labute approximate surface area is 253 Å². The predicted molar refractivity (Wildman–Crippen MR) is 155 cm³/mol. The van der Waals surface area contributed by atoms with Gasteiger partial charge >= 0.3 is 17.9 Å². The highest BCUT2D eigenvalue weighted by molar-refractivity contribution is 5.87. The first-order valence-electron chi connectivity index (χ1n) is 15.4. The zero-order valence-electron chi connectivity index (χ0n) is 26.4. The fourth-order valence-electron chi connectivity index (χ4n) is 10.00. The minimum absolute atomic E-state index is 0.0809. The van der Waals surface area contributed by atoms with Gasteiger partial charge in [-0.2, -0.15) is 0 Å². The molecule has 2 saturated heterocycles. The number of hydrogen-bond donors (Lipinski definition) is 0. The van der Waals surface area contributed by atoms with Gasteiger partial charge in [0.2, 0.25) is 0 Å². The number of carbonyl (C=O) groups is 3. The third-order valence-corrected chi connectivity index (χ3v) is 11.9. The molecular formula is C34H44O9. The van der Waals surface area contributed by atoms with Crippen LogP contribution < -0.4 is 0 Å². The van der Waals surface area contributed by atoms with Crippen molar-refractivity contribution >= 4 is 17.9 Å². The molecule has 4 fully saturated rings. The Morgan fingerprint density at radius 3 is 2.49 bits per heavy atom. The van der Waals surface area contributed by atoms with E-state index in [0.717, 1.165) is 12.0 Å². The molecule has 43 heavy (non-hydrogen) atoms. The standard InChI is InChI=1S/C34H44O9/c1-9-17(2)31(37)42-24-14-23(41-19(4)35)32(5)16-40-28-29(32)33(24,6)22(13-25(36)38-8)34(7)26-18(3)12-21(20-10-11-39-15-20)27(26)43-30(28)34/h9-11,15,21-24,27-30H,12-14,16H2,1-8H3. The van der Waals surface area contributed by atoms with Crippen molar-refractivity contribution in [3.8, 4) is 0 Å². The van der Waals surface area contributed by atoms with E-state index in [4.69, 9.17) is 28.1 Å². The first kappa shape index (κ1) is 30.1. The SMILES string of the molecule is CC=C(C)C(=O)OC1CC(OC(C)=O)C2(C)COC3C4OC5C(=C(C)CC5c5ccoc5)C4(C)C(CC(=O)OC)C1(C)C32. The largest absolute Gasteiger partial charge is 0.472 e. The van der Waals surface area contributed by atoms with Crippen molar-refractivity contribution in [1.29, 1.82) is 0 Å². The molecule has 2 aliphatic heterocycles. The lowest BCUT2D eigenvalue weighted by Crippen LogP contribution is -2.71. The van der Waals surface area contributed by atoms with Crippen LogP contribution in [0.25, 0.3) is 0 Å². The van der Waals surface area contributed by atoms with Crippen LogP contribution in [0.15, 0.2) is 45.8 Å². The quantitative estimate of drug-likeness (QED) is 0.187. The van der Waals surface area contributed by atoms with E-state index in [0.29, 0.717) is 18.6 Å². The van der Waals surface area contributed by atoms with Gasteiger partial charge in [0.1, 0.15) is 12.2 Å². The van der Waals surface area contributed by atoms with Crippen molar-refractivity contribution in [2.75, 3.05) is 13.7 Å². The van der Waals surface area contributed by atoms with Crippen molar-refractivity contribution in [3.63, 3.8) is 0 Å². The van der Waals surface area contributed by atoms with Crippen LogP contribution in [0.2, 0.25) is 0 Å². The van der Waals surface area contributed by atoms with Gasteiger partial charge in [-0.05, 0) is 50.3 Å². The van der Waals surface area contributed by atoms with Gasteiger partial charge in [-0.25, -0.2) is 4.79 Å². The average Bonchev–Trinajstić information content (AvgIpc) is 3.74. The number of hydrogen-bond acceptors (Lipinski definition) is 9. The average molecular weight is 597 g/mol. The smallest absolute Gasteiger partial charge is 0.333 e. The Hall–Kier alpha value is -2.91. The van der Waals surface area contributed by atoms with Crippen molar-refractivity contribution < 1.29 is 42.5 Å². The molecule has 3 heterocycles. The summed E-state index contributed by atoms with van der Waals surface area (Å²) in [6, 6.07) is 1.99. The van der Waals surface area contributed by atoms with E-state index in [9.17, 15) is 14.4 Å². The van der Waals surface area contributed by atoms with E-state index in [1.807, 2.05) is 6.07 Å². The Bertz CT molecular complexity index is 1380. The first-order valence-corrected chi connectivity index (χ1v) is 15.4. The summed E-state index contributed by atoms with van der Waals surface area (Å²) in [6.07, 6.45) is 4.32. The second kappa shape index (κ2) is 10.3. The van der Waals surface area contributed by atoms with Gasteiger partial charge in [0.05, 0.1) is 44.6 Å². The molecule has 1 aromatic rings. The molecule has 0 aromatic carbocycles. The van der Waals surface area contributed by atoms with E-state index in [-0.39, 0.29) is 48.5 Å². The summed E-state index contributed by atoms with van der Waals surface area (Å²) in [7, 11) is 1.41. The molecule has 6 rings (SSSR count). The van der Waals surface area contributed by atoms with Crippen LogP contribution in [-0.4, -0.2) is 62.1 Å². The molecule has 234 valence electrons. The van der Waals surface area contributed by atoms with Gasteiger partial charge in [-0.15, -0.1) is 0 Å². The highest BCUT2D eigenvalue weighted by Gasteiger charge is 2.78. The van der Waals surface area contributed by atoms with Gasteiger partial charge < -0.3 is 28.1 Å². The zero-order valence-corrected chi connectivity index (χ0v) is 26.4. The Morgan fingerprint density at radius 1 is 1.12 bits per heavy atom. The van der Waals surface area contributed by atoms with Crippen LogP contribution in [0.3, 0.4) is 0 Å². The number of allylic oxidation sites excluding steroid dienone is 2. The third kappa shape index (κ3) is 4.13. The van der Waals surface area contributed by atoms with Crippen LogP contribution in [0.4, 0.5) is 0 Å². The lowest BCUT2D eigenvalue weighted by atomic mass is 9.40. The van der Waals surface area contributed by atoms with Crippen LogP contribution >= 0.6 is 0 Å². The summed E-state index contributed by atoms with van der Waals surface area (Å²) in [5.41, 5.74) is 2.07. The zero-order chi connectivity index (χ0) is 31.1. The molecule has 0 amide bonds. The Kier molecular flexibility index (Phi) is 7.24. The van der Waals surface area contributed by atoms with Crippen molar-refractivity contribution in [1.82, 2.24) is 0 Å². The van der Waals surface area contributed by atoms with E-state index >= 15 is 0 Å². The Balaban J connectivity index is 1.54. The summed E-state index contributed by atoms with van der Waals surface area (Å²) in [4.78, 5) is 39.1. The molecule has 11 atom stereocenters. The van der Waals surface area contributed by atoms with Crippen LogP contribution in [0, 0.1) is 28.1 Å². The lowest BCUT2D eigenvalue weighted by molar-refractivity contribution is -0.251. The van der Waals surface area contributed by atoms with E-state index < -0.39 is 40.4 Å². The maximum absolute atomic E-state index is 13.4. The number of rotatable bonds is 6. The predicted octanol–water partition coefficient (Wildman–Crippen LogP) is 5.29. The van der Waals surface area contributed by atoms with Crippen LogP contribution in [0.5, 0.6) is 0 Å². The fraction of sp³-hybridized carbons (Fsp3) is 0.676. The molecule has 1 aromatic heterocycles. The van der Waals surface area contributed by atoms with Gasteiger partial charge in [-0.3, -0.25) is 9.59 Å². The molecule has 11 unspecified atom stereocenters. The van der Waals surface area contributed by atoms with E-state index in [1.54, 1.807) is 32.4 Å². The topological polar surface area (TPSA) is 111 Å². The summed E-state index contributed by atoms with van der Waals surface area (Å²) >= 11 is 0. The monoisotopic (exact) mass is 596 g/mol. The minimum Gasteiger partial charge on any atom is -0.472 e. The van der Waals surface area contributed by atoms with Crippen molar-refractivity contribution in [2.45, 2.75) is 104 Å². The van der Waals surface area contributed by atoms with Crippen molar-refractivity contribution in [2.24, 2.45) is 28.1 Å². The molecule has 5 aliphatic rings.